The van der Waals surface area contributed by atoms with Crippen LogP contribution >= 0.6 is 11.6 Å². The smallest absolute Gasteiger partial charge is 0.246 e. The van der Waals surface area contributed by atoms with Crippen LogP contribution in [0.5, 0.6) is 0 Å². The van der Waals surface area contributed by atoms with E-state index in [9.17, 15) is 4.79 Å². The van der Waals surface area contributed by atoms with E-state index in [-0.39, 0.29) is 11.9 Å². The molecule has 0 bridgehead atoms. The summed E-state index contributed by atoms with van der Waals surface area (Å²) in [6.45, 7) is 2.09. The molecule has 1 amide bonds. The second kappa shape index (κ2) is 5.62. The van der Waals surface area contributed by atoms with Crippen LogP contribution in [-0.2, 0) is 4.79 Å². The van der Waals surface area contributed by atoms with E-state index >= 15 is 0 Å². The number of anilines is 2. The van der Waals surface area contributed by atoms with E-state index in [0.29, 0.717) is 0 Å². The van der Waals surface area contributed by atoms with Gasteiger partial charge in [0.2, 0.25) is 5.91 Å². The second-order valence-electron chi connectivity index (χ2n) is 5.50. The molecular formula is C15H20ClN3O. The Labute approximate surface area is 124 Å². The molecule has 4 nitrogen and oxygen atoms in total. The largest absolute Gasteiger partial charge is 0.370 e. The summed E-state index contributed by atoms with van der Waals surface area (Å²) in [6.07, 6.45) is 4.99. The first-order valence-electron chi connectivity index (χ1n) is 7.27. The van der Waals surface area contributed by atoms with Crippen LogP contribution in [0, 0.1) is 0 Å². The standard InChI is InChI=1S/C15H20ClN3O/c1-17-14-10-8-11(16)13(9-12(10)18-15(14)20)19-6-4-2-3-5-7-19/h8-9,14,17H,2-7H2,1H3,(H,18,20). The molecule has 0 aromatic heterocycles. The van der Waals surface area contributed by atoms with E-state index in [0.717, 1.165) is 35.1 Å². The minimum atomic E-state index is -0.291. The number of hydrogen-bond acceptors (Lipinski definition) is 3. The zero-order valence-electron chi connectivity index (χ0n) is 11.7. The number of carbonyl (C=O) groups excluding carboxylic acids is 1. The van der Waals surface area contributed by atoms with Crippen LogP contribution in [0.3, 0.4) is 0 Å². The van der Waals surface area contributed by atoms with Crippen LogP contribution in [0.2, 0.25) is 5.02 Å². The number of carbonyl (C=O) groups is 1. The van der Waals surface area contributed by atoms with Gasteiger partial charge in [-0.25, -0.2) is 0 Å². The first-order chi connectivity index (χ1) is 9.70. The molecule has 3 rings (SSSR count). The number of fused-ring (bicyclic) bond motifs is 1. The third-order valence-corrected chi connectivity index (χ3v) is 4.49. The molecular weight excluding hydrogens is 274 g/mol. The number of nitrogens with one attached hydrogen (secondary N) is 2. The molecule has 1 saturated heterocycles. The Morgan fingerprint density at radius 3 is 2.60 bits per heavy atom. The van der Waals surface area contributed by atoms with Crippen molar-refractivity contribution in [2.45, 2.75) is 31.7 Å². The van der Waals surface area contributed by atoms with Gasteiger partial charge in [0.25, 0.3) is 0 Å². The number of rotatable bonds is 2. The molecule has 5 heteroatoms. The van der Waals surface area contributed by atoms with Gasteiger partial charge in [0.05, 0.1) is 10.7 Å². The SMILES string of the molecule is CNC1C(=O)Nc2cc(N3CCCCCC3)c(Cl)cc21. The van der Waals surface area contributed by atoms with Crippen LogP contribution in [0.4, 0.5) is 11.4 Å². The van der Waals surface area contributed by atoms with Crippen molar-refractivity contribution in [3.8, 4) is 0 Å². The molecule has 2 aliphatic heterocycles. The fourth-order valence-corrected chi connectivity index (χ4v) is 3.40. The highest BCUT2D eigenvalue weighted by atomic mass is 35.5. The van der Waals surface area contributed by atoms with E-state index in [1.807, 2.05) is 12.1 Å². The van der Waals surface area contributed by atoms with Gasteiger partial charge in [-0.15, -0.1) is 0 Å². The van der Waals surface area contributed by atoms with Gasteiger partial charge in [-0.05, 0) is 32.0 Å². The molecule has 0 saturated carbocycles. The summed E-state index contributed by atoms with van der Waals surface area (Å²) in [5, 5.41) is 6.69. The Bertz CT molecular complexity index is 524. The molecule has 2 aliphatic rings. The Hall–Kier alpha value is -1.26. The molecule has 1 unspecified atom stereocenters. The molecule has 2 heterocycles. The summed E-state index contributed by atoms with van der Waals surface area (Å²) in [4.78, 5) is 14.2. The van der Waals surface area contributed by atoms with Gasteiger partial charge in [-0.3, -0.25) is 4.79 Å². The summed E-state index contributed by atoms with van der Waals surface area (Å²) in [6, 6.07) is 3.66. The van der Waals surface area contributed by atoms with E-state index < -0.39 is 0 Å². The van der Waals surface area contributed by atoms with Crippen molar-refractivity contribution in [3.63, 3.8) is 0 Å². The summed E-state index contributed by atoms with van der Waals surface area (Å²) in [5.41, 5.74) is 2.88. The Morgan fingerprint density at radius 2 is 1.95 bits per heavy atom. The highest BCUT2D eigenvalue weighted by Crippen LogP contribution is 2.39. The molecule has 1 fully saturated rings. The average Bonchev–Trinajstić information content (AvgIpc) is 2.62. The van der Waals surface area contributed by atoms with Crippen LogP contribution in [0.1, 0.15) is 37.3 Å². The molecule has 20 heavy (non-hydrogen) atoms. The van der Waals surface area contributed by atoms with E-state index in [1.54, 1.807) is 7.05 Å². The minimum absolute atomic E-state index is 0.00779. The van der Waals surface area contributed by atoms with Gasteiger partial charge in [-0.1, -0.05) is 24.4 Å². The highest BCUT2D eigenvalue weighted by Gasteiger charge is 2.30. The van der Waals surface area contributed by atoms with Crippen molar-refractivity contribution in [1.82, 2.24) is 5.32 Å². The Morgan fingerprint density at radius 1 is 1.25 bits per heavy atom. The predicted molar refractivity (Wildman–Crippen MR) is 82.6 cm³/mol. The van der Waals surface area contributed by atoms with E-state index in [1.165, 1.54) is 25.7 Å². The number of amides is 1. The lowest BCUT2D eigenvalue weighted by molar-refractivity contribution is -0.117. The molecule has 1 aromatic rings. The van der Waals surface area contributed by atoms with Crippen molar-refractivity contribution in [2.75, 3.05) is 30.4 Å². The zero-order chi connectivity index (χ0) is 14.1. The summed E-state index contributed by atoms with van der Waals surface area (Å²) < 4.78 is 0. The molecule has 0 radical (unpaired) electrons. The number of hydrogen-bond donors (Lipinski definition) is 2. The summed E-state index contributed by atoms with van der Waals surface area (Å²) >= 11 is 6.46. The normalized spacial score (nSPS) is 22.4. The monoisotopic (exact) mass is 293 g/mol. The van der Waals surface area contributed by atoms with Crippen LogP contribution in [0.25, 0.3) is 0 Å². The van der Waals surface area contributed by atoms with Crippen molar-refractivity contribution < 1.29 is 4.79 Å². The van der Waals surface area contributed by atoms with Crippen molar-refractivity contribution in [3.05, 3.63) is 22.7 Å². The van der Waals surface area contributed by atoms with Gasteiger partial charge in [0.15, 0.2) is 0 Å². The van der Waals surface area contributed by atoms with Gasteiger partial charge >= 0.3 is 0 Å². The molecule has 0 aliphatic carbocycles. The van der Waals surface area contributed by atoms with Crippen LogP contribution in [0.15, 0.2) is 12.1 Å². The Balaban J connectivity index is 1.94. The van der Waals surface area contributed by atoms with Crippen molar-refractivity contribution in [2.24, 2.45) is 0 Å². The lowest BCUT2D eigenvalue weighted by atomic mass is 10.1. The van der Waals surface area contributed by atoms with Gasteiger partial charge < -0.3 is 15.5 Å². The molecule has 2 N–H and O–H groups in total. The van der Waals surface area contributed by atoms with E-state index in [2.05, 4.69) is 15.5 Å². The lowest BCUT2D eigenvalue weighted by Gasteiger charge is -2.24. The highest BCUT2D eigenvalue weighted by molar-refractivity contribution is 6.33. The lowest BCUT2D eigenvalue weighted by Crippen LogP contribution is -2.24. The maximum atomic E-state index is 11.9. The maximum absolute atomic E-state index is 11.9. The molecule has 1 atom stereocenters. The zero-order valence-corrected chi connectivity index (χ0v) is 12.5. The number of halogens is 1. The number of nitrogens with zero attached hydrogens (tertiary/aromatic N) is 1. The quantitative estimate of drug-likeness (QED) is 0.881. The van der Waals surface area contributed by atoms with Gasteiger partial charge in [0, 0.05) is 24.3 Å². The van der Waals surface area contributed by atoms with Crippen molar-refractivity contribution in [1.29, 1.82) is 0 Å². The average molecular weight is 294 g/mol. The first kappa shape index (κ1) is 13.7. The van der Waals surface area contributed by atoms with Crippen LogP contribution < -0.4 is 15.5 Å². The van der Waals surface area contributed by atoms with Gasteiger partial charge in [0.1, 0.15) is 6.04 Å². The maximum Gasteiger partial charge on any atom is 0.246 e. The fourth-order valence-electron chi connectivity index (χ4n) is 3.11. The second-order valence-corrected chi connectivity index (χ2v) is 5.91. The fraction of sp³-hybridized carbons (Fsp3) is 0.533. The van der Waals surface area contributed by atoms with Crippen molar-refractivity contribution >= 4 is 28.9 Å². The van der Waals surface area contributed by atoms with E-state index in [4.69, 9.17) is 11.6 Å². The number of likely N-dealkylation sites (N-methyl/N-ethyl adjacent to an activating group) is 1. The van der Waals surface area contributed by atoms with Gasteiger partial charge in [-0.2, -0.15) is 0 Å². The van der Waals surface area contributed by atoms with Crippen LogP contribution in [-0.4, -0.2) is 26.0 Å². The summed E-state index contributed by atoms with van der Waals surface area (Å²) in [5.74, 6) is -0.00779. The molecule has 108 valence electrons. The molecule has 0 spiro atoms. The Kier molecular flexibility index (Phi) is 3.85. The third kappa shape index (κ3) is 2.38. The summed E-state index contributed by atoms with van der Waals surface area (Å²) in [7, 11) is 1.79. The predicted octanol–water partition coefficient (Wildman–Crippen LogP) is 2.93. The first-order valence-corrected chi connectivity index (χ1v) is 7.65. The minimum Gasteiger partial charge on any atom is -0.370 e. The number of benzene rings is 1. The topological polar surface area (TPSA) is 44.4 Å². The third-order valence-electron chi connectivity index (χ3n) is 4.19. The molecule has 1 aromatic carbocycles.